The fraction of sp³-hybridized carbons (Fsp3) is 0.857. The van der Waals surface area contributed by atoms with E-state index in [1.54, 1.807) is 0 Å². The van der Waals surface area contributed by atoms with Crippen molar-refractivity contribution in [3.05, 3.63) is 0 Å². The van der Waals surface area contributed by atoms with E-state index < -0.39 is 11.4 Å². The summed E-state index contributed by atoms with van der Waals surface area (Å²) < 4.78 is 0. The highest BCUT2D eigenvalue weighted by molar-refractivity contribution is 5.76. The van der Waals surface area contributed by atoms with Crippen LogP contribution in [0, 0.1) is 16.7 Å². The van der Waals surface area contributed by atoms with Crippen molar-refractivity contribution in [1.29, 1.82) is 0 Å². The third-order valence-corrected chi connectivity index (χ3v) is 5.22. The molecule has 4 unspecified atom stereocenters. The Bertz CT molecular complexity index is 435. The van der Waals surface area contributed by atoms with Gasteiger partial charge in [0.05, 0.1) is 0 Å². The minimum atomic E-state index is -0.910. The van der Waals surface area contributed by atoms with Gasteiger partial charge in [-0.25, -0.2) is 0 Å². The van der Waals surface area contributed by atoms with Gasteiger partial charge in [0, 0.05) is 23.8 Å². The van der Waals surface area contributed by atoms with Crippen LogP contribution in [-0.4, -0.2) is 17.4 Å². The van der Waals surface area contributed by atoms with Crippen molar-refractivity contribution >= 4 is 11.9 Å². The first-order chi connectivity index (χ1) is 8.27. The van der Waals surface area contributed by atoms with Crippen LogP contribution >= 0.6 is 0 Å². The molecule has 4 aliphatic rings. The maximum atomic E-state index is 11.6. The second-order valence-corrected chi connectivity index (χ2v) is 7.35. The molecular formula is C14H20NO3-. The maximum Gasteiger partial charge on any atom is 0.217 e. The summed E-state index contributed by atoms with van der Waals surface area (Å²) in [5.41, 5.74) is -0.932. The molecular weight excluding hydrogens is 230 g/mol. The molecule has 0 aromatic heterocycles. The Hall–Kier alpha value is -1.06. The van der Waals surface area contributed by atoms with Gasteiger partial charge in [0.1, 0.15) is 0 Å². The Morgan fingerprint density at radius 3 is 2.44 bits per heavy atom. The lowest BCUT2D eigenvalue weighted by molar-refractivity contribution is -0.330. The van der Waals surface area contributed by atoms with E-state index in [0.29, 0.717) is 12.3 Å². The predicted molar refractivity (Wildman–Crippen MR) is 63.3 cm³/mol. The van der Waals surface area contributed by atoms with E-state index in [1.165, 1.54) is 6.92 Å². The number of nitrogens with one attached hydrogen (secondary N) is 1. The van der Waals surface area contributed by atoms with E-state index in [0.717, 1.165) is 32.1 Å². The molecule has 0 spiro atoms. The van der Waals surface area contributed by atoms with E-state index >= 15 is 0 Å². The molecule has 0 aromatic carbocycles. The summed E-state index contributed by atoms with van der Waals surface area (Å²) in [6.07, 6.45) is 4.99. The van der Waals surface area contributed by atoms with E-state index in [-0.39, 0.29) is 16.9 Å². The zero-order valence-corrected chi connectivity index (χ0v) is 11.0. The van der Waals surface area contributed by atoms with Crippen molar-refractivity contribution in [3.63, 3.8) is 0 Å². The van der Waals surface area contributed by atoms with Crippen molar-refractivity contribution in [1.82, 2.24) is 5.32 Å². The highest BCUT2D eigenvalue weighted by Crippen LogP contribution is 2.66. The van der Waals surface area contributed by atoms with Gasteiger partial charge < -0.3 is 15.2 Å². The first-order valence-electron chi connectivity index (χ1n) is 6.77. The Morgan fingerprint density at radius 1 is 1.17 bits per heavy atom. The van der Waals surface area contributed by atoms with Crippen molar-refractivity contribution in [2.45, 2.75) is 57.9 Å². The molecule has 0 aromatic rings. The van der Waals surface area contributed by atoms with E-state index in [1.807, 2.05) is 0 Å². The lowest BCUT2D eigenvalue weighted by Crippen LogP contribution is -2.68. The molecule has 0 aliphatic heterocycles. The van der Waals surface area contributed by atoms with Gasteiger partial charge >= 0.3 is 0 Å². The van der Waals surface area contributed by atoms with Crippen LogP contribution in [0.2, 0.25) is 0 Å². The monoisotopic (exact) mass is 250 g/mol. The third kappa shape index (κ3) is 1.57. The number of rotatable bonds is 2. The summed E-state index contributed by atoms with van der Waals surface area (Å²) in [6, 6.07) is 0. The summed E-state index contributed by atoms with van der Waals surface area (Å²) in [7, 11) is 0. The van der Waals surface area contributed by atoms with Crippen LogP contribution in [-0.2, 0) is 9.59 Å². The van der Waals surface area contributed by atoms with Crippen LogP contribution in [0.5, 0.6) is 0 Å². The van der Waals surface area contributed by atoms with E-state index in [9.17, 15) is 14.7 Å². The zero-order valence-electron chi connectivity index (χ0n) is 11.0. The second-order valence-electron chi connectivity index (χ2n) is 7.35. The minimum absolute atomic E-state index is 0.0472. The fourth-order valence-corrected chi connectivity index (χ4v) is 5.66. The largest absolute Gasteiger partial charge is 0.550 e. The number of carboxylic acids is 1. The van der Waals surface area contributed by atoms with Gasteiger partial charge in [0.15, 0.2) is 0 Å². The highest BCUT2D eigenvalue weighted by Gasteiger charge is 2.62. The fourth-order valence-electron chi connectivity index (χ4n) is 5.66. The maximum absolute atomic E-state index is 11.6. The lowest BCUT2D eigenvalue weighted by atomic mass is 9.42. The molecule has 4 heteroatoms. The molecule has 18 heavy (non-hydrogen) atoms. The van der Waals surface area contributed by atoms with Crippen molar-refractivity contribution < 1.29 is 14.7 Å². The molecule has 4 fully saturated rings. The Morgan fingerprint density at radius 2 is 1.89 bits per heavy atom. The smallest absolute Gasteiger partial charge is 0.217 e. The van der Waals surface area contributed by atoms with Gasteiger partial charge in [0.2, 0.25) is 5.91 Å². The Labute approximate surface area is 107 Å². The van der Waals surface area contributed by atoms with Crippen molar-refractivity contribution in [2.24, 2.45) is 16.7 Å². The minimum Gasteiger partial charge on any atom is -0.550 e. The molecule has 1 amide bonds. The molecule has 0 heterocycles. The van der Waals surface area contributed by atoms with Gasteiger partial charge in [-0.15, -0.1) is 0 Å². The van der Waals surface area contributed by atoms with Crippen molar-refractivity contribution in [2.75, 3.05) is 0 Å². The average molecular weight is 250 g/mol. The van der Waals surface area contributed by atoms with Gasteiger partial charge in [0.25, 0.3) is 0 Å². The number of carbonyl (C=O) groups excluding carboxylic acids is 2. The topological polar surface area (TPSA) is 69.2 Å². The zero-order chi connectivity index (χ0) is 13.2. The van der Waals surface area contributed by atoms with Crippen LogP contribution < -0.4 is 10.4 Å². The van der Waals surface area contributed by atoms with Gasteiger partial charge in [-0.3, -0.25) is 4.79 Å². The van der Waals surface area contributed by atoms with E-state index in [4.69, 9.17) is 0 Å². The van der Waals surface area contributed by atoms with Crippen molar-refractivity contribution in [3.8, 4) is 0 Å². The molecule has 4 rings (SSSR count). The van der Waals surface area contributed by atoms with Crippen LogP contribution in [0.25, 0.3) is 0 Å². The number of aliphatic carboxylic acids is 1. The standard InChI is InChI=1S/C14H21NO3/c1-9(16)15-14-5-10-3-12(2,7-14)6-13(4-10,8-14)11(17)18/h10H,3-8H2,1-2H3,(H,15,16)(H,17,18)/p-1. The highest BCUT2D eigenvalue weighted by atomic mass is 16.4. The molecule has 4 nitrogen and oxygen atoms in total. The Kier molecular flexibility index (Phi) is 2.19. The number of hydrogen-bond acceptors (Lipinski definition) is 3. The predicted octanol–water partition coefficient (Wildman–Crippen LogP) is 0.601. The van der Waals surface area contributed by atoms with Crippen LogP contribution in [0.4, 0.5) is 0 Å². The molecule has 4 bridgehead atoms. The molecule has 1 N–H and O–H groups in total. The number of carboxylic acid groups (broad SMARTS) is 1. The summed E-state index contributed by atoms with van der Waals surface area (Å²) in [5.74, 6) is -0.530. The second kappa shape index (κ2) is 3.28. The SMILES string of the molecule is CC(=O)NC12CC3CC(C)(C1)CC(C(=O)[O-])(C3)C2. The molecule has 100 valence electrons. The van der Waals surface area contributed by atoms with Crippen LogP contribution in [0.3, 0.4) is 0 Å². The number of hydrogen-bond donors (Lipinski definition) is 1. The number of amides is 1. The number of carbonyl (C=O) groups is 2. The molecule has 0 saturated heterocycles. The summed E-state index contributed by atoms with van der Waals surface area (Å²) in [4.78, 5) is 23.0. The first-order valence-corrected chi connectivity index (χ1v) is 6.77. The van der Waals surface area contributed by atoms with E-state index in [2.05, 4.69) is 12.2 Å². The first kappa shape index (κ1) is 12.0. The normalized spacial score (nSPS) is 49.1. The molecule has 4 atom stereocenters. The van der Waals surface area contributed by atoms with Crippen LogP contribution in [0.1, 0.15) is 52.4 Å². The third-order valence-electron chi connectivity index (χ3n) is 5.22. The Balaban J connectivity index is 2.00. The molecule has 4 aliphatic carbocycles. The summed E-state index contributed by atoms with van der Waals surface area (Å²) in [6.45, 7) is 3.69. The lowest BCUT2D eigenvalue weighted by Gasteiger charge is -2.66. The molecule has 4 saturated carbocycles. The van der Waals surface area contributed by atoms with Gasteiger partial charge in [-0.1, -0.05) is 6.92 Å². The average Bonchev–Trinajstić information content (AvgIpc) is 2.09. The van der Waals surface area contributed by atoms with Gasteiger partial charge in [-0.2, -0.15) is 0 Å². The summed E-state index contributed by atoms with van der Waals surface area (Å²) >= 11 is 0. The summed E-state index contributed by atoms with van der Waals surface area (Å²) in [5, 5.41) is 14.7. The van der Waals surface area contributed by atoms with Gasteiger partial charge in [-0.05, 0) is 49.9 Å². The quantitative estimate of drug-likeness (QED) is 0.780. The molecule has 0 radical (unpaired) electrons. The van der Waals surface area contributed by atoms with Crippen LogP contribution in [0.15, 0.2) is 0 Å².